The molecule has 1 aromatic carbocycles. The number of rotatable bonds is 4. The molecule has 3 rings (SSSR count). The van der Waals surface area contributed by atoms with E-state index in [-0.39, 0.29) is 0 Å². The second kappa shape index (κ2) is 6.59. The van der Waals surface area contributed by atoms with Crippen molar-refractivity contribution in [2.24, 2.45) is 0 Å². The fourth-order valence-corrected chi connectivity index (χ4v) is 3.35. The van der Waals surface area contributed by atoms with Crippen LogP contribution in [0.1, 0.15) is 31.2 Å². The maximum Gasteiger partial charge on any atom is 0.0345 e. The quantitative estimate of drug-likeness (QED) is 0.910. The van der Waals surface area contributed by atoms with E-state index < -0.39 is 0 Å². The maximum absolute atomic E-state index is 3.72. The zero-order valence-electron chi connectivity index (χ0n) is 12.6. The molecule has 0 radical (unpaired) electrons. The molecule has 2 heterocycles. The molecular weight excluding hydrogens is 246 g/mol. The van der Waals surface area contributed by atoms with Crippen molar-refractivity contribution in [1.82, 2.24) is 9.80 Å². The van der Waals surface area contributed by atoms with Crippen LogP contribution in [0.25, 0.3) is 0 Å². The molecule has 0 unspecified atom stereocenters. The average Bonchev–Trinajstić information content (AvgIpc) is 2.95. The number of benzene rings is 1. The second-order valence-electron chi connectivity index (χ2n) is 6.41. The molecule has 0 aromatic heterocycles. The third-order valence-electron chi connectivity index (χ3n) is 4.62. The van der Waals surface area contributed by atoms with E-state index in [9.17, 15) is 0 Å². The minimum absolute atomic E-state index is 0.647. The van der Waals surface area contributed by atoms with Crippen LogP contribution in [-0.2, 0) is 6.54 Å². The molecule has 0 spiro atoms. The van der Waals surface area contributed by atoms with Crippen LogP contribution in [0.3, 0.4) is 0 Å². The Morgan fingerprint density at radius 1 is 1.10 bits per heavy atom. The van der Waals surface area contributed by atoms with Crippen molar-refractivity contribution >= 4 is 5.69 Å². The lowest BCUT2D eigenvalue weighted by atomic mass is 10.0. The highest BCUT2D eigenvalue weighted by Crippen LogP contribution is 2.19. The molecule has 2 fully saturated rings. The summed E-state index contributed by atoms with van der Waals surface area (Å²) in [7, 11) is 2.22. The van der Waals surface area contributed by atoms with Gasteiger partial charge in [0.05, 0.1) is 0 Å². The van der Waals surface area contributed by atoms with Gasteiger partial charge in [-0.1, -0.05) is 12.1 Å². The average molecular weight is 273 g/mol. The van der Waals surface area contributed by atoms with Crippen LogP contribution in [0.4, 0.5) is 5.69 Å². The minimum atomic E-state index is 0.647. The highest BCUT2D eigenvalue weighted by molar-refractivity contribution is 5.46. The first kappa shape index (κ1) is 13.9. The summed E-state index contributed by atoms with van der Waals surface area (Å²) in [4.78, 5) is 4.98. The number of nitrogens with zero attached hydrogens (tertiary/aromatic N) is 2. The second-order valence-corrected chi connectivity index (χ2v) is 6.41. The van der Waals surface area contributed by atoms with Gasteiger partial charge in [0.15, 0.2) is 0 Å². The number of anilines is 1. The maximum atomic E-state index is 3.72. The molecule has 110 valence electrons. The minimum Gasteiger partial charge on any atom is -0.382 e. The van der Waals surface area contributed by atoms with Gasteiger partial charge in [-0.2, -0.15) is 0 Å². The molecule has 20 heavy (non-hydrogen) atoms. The smallest absolute Gasteiger partial charge is 0.0345 e. The number of piperidine rings is 1. The van der Waals surface area contributed by atoms with Crippen molar-refractivity contribution in [3.63, 3.8) is 0 Å². The summed E-state index contributed by atoms with van der Waals surface area (Å²) in [5.74, 6) is 0. The Kier molecular flexibility index (Phi) is 4.58. The lowest BCUT2D eigenvalue weighted by Gasteiger charge is -2.30. The third kappa shape index (κ3) is 3.74. The van der Waals surface area contributed by atoms with E-state index in [1.165, 1.54) is 63.1 Å². The van der Waals surface area contributed by atoms with Gasteiger partial charge in [-0.25, -0.2) is 0 Å². The molecule has 2 aliphatic rings. The molecule has 3 nitrogen and oxygen atoms in total. The number of hydrogen-bond donors (Lipinski definition) is 1. The number of nitrogens with one attached hydrogen (secondary N) is 1. The Morgan fingerprint density at radius 3 is 2.60 bits per heavy atom. The molecule has 0 bridgehead atoms. The lowest BCUT2D eigenvalue weighted by molar-refractivity contribution is 0.264. The van der Waals surface area contributed by atoms with Crippen LogP contribution >= 0.6 is 0 Å². The first-order valence-electron chi connectivity index (χ1n) is 8.06. The third-order valence-corrected chi connectivity index (χ3v) is 4.62. The normalized spacial score (nSPS) is 22.2. The van der Waals surface area contributed by atoms with Crippen molar-refractivity contribution in [3.05, 3.63) is 29.8 Å². The Hall–Kier alpha value is -1.06. The van der Waals surface area contributed by atoms with E-state index >= 15 is 0 Å². The predicted molar refractivity (Wildman–Crippen MR) is 85.1 cm³/mol. The Balaban J connectivity index is 1.56. The van der Waals surface area contributed by atoms with Gasteiger partial charge in [0.25, 0.3) is 0 Å². The van der Waals surface area contributed by atoms with Crippen molar-refractivity contribution in [3.8, 4) is 0 Å². The zero-order chi connectivity index (χ0) is 13.8. The van der Waals surface area contributed by atoms with E-state index in [0.29, 0.717) is 6.04 Å². The number of likely N-dealkylation sites (tertiary alicyclic amines) is 2. The number of hydrogen-bond acceptors (Lipinski definition) is 3. The van der Waals surface area contributed by atoms with Gasteiger partial charge in [0, 0.05) is 18.3 Å². The molecule has 1 N–H and O–H groups in total. The molecule has 1 aromatic rings. The van der Waals surface area contributed by atoms with Crippen LogP contribution in [0.2, 0.25) is 0 Å². The van der Waals surface area contributed by atoms with Crippen LogP contribution in [0.15, 0.2) is 24.3 Å². The molecule has 3 heteroatoms. The van der Waals surface area contributed by atoms with Gasteiger partial charge in [0.1, 0.15) is 0 Å². The van der Waals surface area contributed by atoms with Crippen LogP contribution in [-0.4, -0.2) is 49.1 Å². The largest absolute Gasteiger partial charge is 0.382 e. The predicted octanol–water partition coefficient (Wildman–Crippen LogP) is 2.79. The highest BCUT2D eigenvalue weighted by atomic mass is 15.1. The van der Waals surface area contributed by atoms with Gasteiger partial charge in [0.2, 0.25) is 0 Å². The summed E-state index contributed by atoms with van der Waals surface area (Å²) in [6.07, 6.45) is 5.25. The van der Waals surface area contributed by atoms with Crippen molar-refractivity contribution in [2.75, 3.05) is 38.5 Å². The van der Waals surface area contributed by atoms with Gasteiger partial charge in [-0.15, -0.1) is 0 Å². The van der Waals surface area contributed by atoms with Gasteiger partial charge in [-0.3, -0.25) is 4.90 Å². The van der Waals surface area contributed by atoms with Crippen molar-refractivity contribution < 1.29 is 0 Å². The van der Waals surface area contributed by atoms with Gasteiger partial charge >= 0.3 is 0 Å². The fourth-order valence-electron chi connectivity index (χ4n) is 3.35. The Labute approximate surface area is 123 Å². The van der Waals surface area contributed by atoms with Crippen LogP contribution in [0.5, 0.6) is 0 Å². The van der Waals surface area contributed by atoms with Crippen molar-refractivity contribution in [1.29, 1.82) is 0 Å². The first-order chi connectivity index (χ1) is 9.79. The van der Waals surface area contributed by atoms with E-state index in [0.717, 1.165) is 6.54 Å². The fraction of sp³-hybridized carbons (Fsp3) is 0.647. The Bertz CT molecular complexity index is 418. The summed E-state index contributed by atoms with van der Waals surface area (Å²) in [6.45, 7) is 6.08. The van der Waals surface area contributed by atoms with Crippen LogP contribution in [0, 0.1) is 0 Å². The van der Waals surface area contributed by atoms with Gasteiger partial charge in [-0.05, 0) is 76.6 Å². The summed E-state index contributed by atoms with van der Waals surface area (Å²) in [5.41, 5.74) is 2.75. The molecule has 0 saturated carbocycles. The highest BCUT2D eigenvalue weighted by Gasteiger charge is 2.16. The van der Waals surface area contributed by atoms with E-state index in [2.05, 4.69) is 46.4 Å². The molecule has 0 amide bonds. The van der Waals surface area contributed by atoms with Crippen LogP contribution < -0.4 is 5.32 Å². The monoisotopic (exact) mass is 273 g/mol. The van der Waals surface area contributed by atoms with E-state index in [1.54, 1.807) is 0 Å². The zero-order valence-corrected chi connectivity index (χ0v) is 12.6. The molecular formula is C17H27N3. The molecule has 0 aliphatic carbocycles. The molecule has 2 saturated heterocycles. The topological polar surface area (TPSA) is 18.5 Å². The summed E-state index contributed by atoms with van der Waals surface area (Å²) < 4.78 is 0. The SMILES string of the molecule is CN1CCC(Nc2cccc(CN3CCCC3)c2)CC1. The van der Waals surface area contributed by atoms with Gasteiger partial charge < -0.3 is 10.2 Å². The van der Waals surface area contributed by atoms with E-state index in [4.69, 9.17) is 0 Å². The first-order valence-corrected chi connectivity index (χ1v) is 8.06. The lowest BCUT2D eigenvalue weighted by Crippen LogP contribution is -2.36. The van der Waals surface area contributed by atoms with Crippen molar-refractivity contribution in [2.45, 2.75) is 38.3 Å². The molecule has 2 aliphatic heterocycles. The Morgan fingerprint density at radius 2 is 1.85 bits per heavy atom. The summed E-state index contributed by atoms with van der Waals surface area (Å²) in [6, 6.07) is 9.66. The summed E-state index contributed by atoms with van der Waals surface area (Å²) >= 11 is 0. The molecule has 0 atom stereocenters. The summed E-state index contributed by atoms with van der Waals surface area (Å²) in [5, 5.41) is 3.72. The van der Waals surface area contributed by atoms with E-state index in [1.807, 2.05) is 0 Å². The standard InChI is InChI=1S/C17H27N3/c1-19-11-7-16(8-12-19)18-17-6-4-5-15(13-17)14-20-9-2-3-10-20/h4-6,13,16,18H,2-3,7-12,14H2,1H3.